The normalized spacial score (nSPS) is 16.6. The van der Waals surface area contributed by atoms with Crippen LogP contribution in [0, 0.1) is 0 Å². The second-order valence-electron chi connectivity index (χ2n) is 5.81. The van der Waals surface area contributed by atoms with Crippen LogP contribution in [0.15, 0.2) is 18.2 Å². The van der Waals surface area contributed by atoms with Gasteiger partial charge in [0.2, 0.25) is 0 Å². The minimum Gasteiger partial charge on any atom is -0.383 e. The molecule has 0 saturated heterocycles. The van der Waals surface area contributed by atoms with Crippen molar-refractivity contribution < 1.29 is 14.3 Å². The van der Waals surface area contributed by atoms with E-state index in [9.17, 15) is 4.79 Å². The van der Waals surface area contributed by atoms with E-state index in [-0.39, 0.29) is 5.78 Å². The summed E-state index contributed by atoms with van der Waals surface area (Å²) in [6.07, 6.45) is 0.980. The van der Waals surface area contributed by atoms with E-state index in [0.717, 1.165) is 30.8 Å². The van der Waals surface area contributed by atoms with Crippen LogP contribution < -0.4 is 5.32 Å². The summed E-state index contributed by atoms with van der Waals surface area (Å²) >= 11 is 0. The fourth-order valence-corrected chi connectivity index (χ4v) is 2.73. The number of hydrogen-bond acceptors (Lipinski definition) is 5. The second kappa shape index (κ2) is 8.27. The Balaban J connectivity index is 1.99. The van der Waals surface area contributed by atoms with Crippen LogP contribution in [0.4, 0.5) is 5.69 Å². The lowest BCUT2D eigenvalue weighted by Crippen LogP contribution is -2.35. The van der Waals surface area contributed by atoms with Crippen LogP contribution in [0.5, 0.6) is 0 Å². The molecule has 0 saturated carbocycles. The number of carbonyl (C=O) groups is 1. The largest absolute Gasteiger partial charge is 0.383 e. The van der Waals surface area contributed by atoms with Crippen LogP contribution in [0.25, 0.3) is 0 Å². The number of hydrogen-bond donors (Lipinski definition) is 1. The molecule has 5 heteroatoms. The van der Waals surface area contributed by atoms with E-state index in [1.807, 2.05) is 18.2 Å². The smallest absolute Gasteiger partial charge is 0.176 e. The molecule has 122 valence electrons. The lowest BCUT2D eigenvalue weighted by Gasteiger charge is -2.20. The van der Waals surface area contributed by atoms with E-state index in [1.165, 1.54) is 5.56 Å². The molecule has 1 unspecified atom stereocenters. The number of rotatable bonds is 9. The summed E-state index contributed by atoms with van der Waals surface area (Å²) in [5.74, 6) is 0.148. The molecule has 1 atom stereocenters. The van der Waals surface area contributed by atoms with Crippen molar-refractivity contribution in [3.05, 3.63) is 29.3 Å². The Bertz CT molecular complexity index is 497. The summed E-state index contributed by atoms with van der Waals surface area (Å²) in [5.41, 5.74) is 3.17. The van der Waals surface area contributed by atoms with Gasteiger partial charge in [0.25, 0.3) is 0 Å². The van der Waals surface area contributed by atoms with Crippen LogP contribution in [0.2, 0.25) is 0 Å². The number of nitrogens with zero attached hydrogens (tertiary/aromatic N) is 1. The third kappa shape index (κ3) is 4.53. The first-order valence-electron chi connectivity index (χ1n) is 7.77. The number of ketones is 1. The molecule has 1 aliphatic heterocycles. The molecule has 1 aromatic carbocycles. The predicted molar refractivity (Wildman–Crippen MR) is 87.8 cm³/mol. The first-order chi connectivity index (χ1) is 10.6. The topological polar surface area (TPSA) is 50.8 Å². The number of nitrogens with one attached hydrogen (secondary N) is 1. The van der Waals surface area contributed by atoms with Gasteiger partial charge in [-0.05, 0) is 37.1 Å². The second-order valence-corrected chi connectivity index (χ2v) is 5.81. The molecule has 0 aliphatic carbocycles. The molecular formula is C17H26N2O3. The van der Waals surface area contributed by atoms with Gasteiger partial charge in [0, 0.05) is 44.6 Å². The van der Waals surface area contributed by atoms with Gasteiger partial charge in [0.05, 0.1) is 19.8 Å². The molecule has 1 heterocycles. The molecule has 1 N–H and O–H groups in total. The predicted octanol–water partition coefficient (Wildman–Crippen LogP) is 1.82. The highest BCUT2D eigenvalue weighted by Crippen LogP contribution is 2.26. The standard InChI is InChI=1S/C17H26N2O3/c1-13-10-15-11-14(4-5-16(15)18-13)17(20)12-19(6-8-21-2)7-9-22-3/h4-5,11,13,18H,6-10,12H2,1-3H3. The third-order valence-electron chi connectivity index (χ3n) is 3.95. The Hall–Kier alpha value is -1.43. The number of ether oxygens (including phenoxy) is 2. The van der Waals surface area contributed by atoms with Crippen molar-refractivity contribution in [1.82, 2.24) is 4.90 Å². The van der Waals surface area contributed by atoms with Gasteiger partial charge in [-0.2, -0.15) is 0 Å². The van der Waals surface area contributed by atoms with Gasteiger partial charge < -0.3 is 14.8 Å². The molecule has 0 fully saturated rings. The zero-order valence-corrected chi connectivity index (χ0v) is 13.7. The van der Waals surface area contributed by atoms with E-state index < -0.39 is 0 Å². The van der Waals surface area contributed by atoms with Crippen molar-refractivity contribution in [2.24, 2.45) is 0 Å². The molecule has 1 aliphatic rings. The minimum absolute atomic E-state index is 0.148. The maximum absolute atomic E-state index is 12.5. The molecule has 2 rings (SSSR count). The minimum atomic E-state index is 0.148. The average Bonchev–Trinajstić information content (AvgIpc) is 2.88. The van der Waals surface area contributed by atoms with Gasteiger partial charge in [-0.1, -0.05) is 0 Å². The molecule has 0 spiro atoms. The number of methoxy groups -OCH3 is 2. The lowest BCUT2D eigenvalue weighted by molar-refractivity contribution is 0.0837. The number of anilines is 1. The highest BCUT2D eigenvalue weighted by molar-refractivity contribution is 5.98. The number of Topliss-reactive ketones (excluding diaryl/α,β-unsaturated/α-hetero) is 1. The van der Waals surface area contributed by atoms with Crippen molar-refractivity contribution >= 4 is 11.5 Å². The number of benzene rings is 1. The molecule has 0 aromatic heterocycles. The molecule has 0 bridgehead atoms. The molecule has 1 aromatic rings. The van der Waals surface area contributed by atoms with Crippen molar-refractivity contribution in [1.29, 1.82) is 0 Å². The van der Waals surface area contributed by atoms with E-state index >= 15 is 0 Å². The van der Waals surface area contributed by atoms with Gasteiger partial charge in [0.15, 0.2) is 5.78 Å². The Morgan fingerprint density at radius 2 is 1.95 bits per heavy atom. The summed E-state index contributed by atoms with van der Waals surface area (Å²) in [5, 5.41) is 3.41. The summed E-state index contributed by atoms with van der Waals surface area (Å²) in [7, 11) is 3.34. The molecular weight excluding hydrogens is 280 g/mol. The molecule has 5 nitrogen and oxygen atoms in total. The summed E-state index contributed by atoms with van der Waals surface area (Å²) in [6.45, 7) is 5.24. The lowest BCUT2D eigenvalue weighted by atomic mass is 10.0. The Morgan fingerprint density at radius 1 is 1.27 bits per heavy atom. The number of carbonyl (C=O) groups excluding carboxylic acids is 1. The quantitative estimate of drug-likeness (QED) is 0.705. The Labute approximate surface area is 132 Å². The number of fused-ring (bicyclic) bond motifs is 1. The van der Waals surface area contributed by atoms with Gasteiger partial charge in [0.1, 0.15) is 0 Å². The van der Waals surface area contributed by atoms with Crippen LogP contribution in [-0.4, -0.2) is 63.8 Å². The van der Waals surface area contributed by atoms with E-state index in [0.29, 0.717) is 25.8 Å². The SMILES string of the molecule is COCCN(CCOC)CC(=O)c1ccc2c(c1)CC(C)N2. The van der Waals surface area contributed by atoms with Crippen molar-refractivity contribution in [3.8, 4) is 0 Å². The highest BCUT2D eigenvalue weighted by atomic mass is 16.5. The maximum atomic E-state index is 12.5. The summed E-state index contributed by atoms with van der Waals surface area (Å²) < 4.78 is 10.2. The average molecular weight is 306 g/mol. The molecule has 0 amide bonds. The van der Waals surface area contributed by atoms with Gasteiger partial charge in [-0.15, -0.1) is 0 Å². The first-order valence-corrected chi connectivity index (χ1v) is 7.77. The highest BCUT2D eigenvalue weighted by Gasteiger charge is 2.19. The monoisotopic (exact) mass is 306 g/mol. The summed E-state index contributed by atoms with van der Waals surface area (Å²) in [4.78, 5) is 14.6. The van der Waals surface area contributed by atoms with Gasteiger partial charge in [-0.25, -0.2) is 0 Å². The maximum Gasteiger partial charge on any atom is 0.176 e. The molecule has 0 radical (unpaired) electrons. The fraction of sp³-hybridized carbons (Fsp3) is 0.588. The molecule has 22 heavy (non-hydrogen) atoms. The Morgan fingerprint density at radius 3 is 2.59 bits per heavy atom. The summed E-state index contributed by atoms with van der Waals surface area (Å²) in [6, 6.07) is 6.40. The Kier molecular flexibility index (Phi) is 6.36. The van der Waals surface area contributed by atoms with E-state index in [1.54, 1.807) is 14.2 Å². The third-order valence-corrected chi connectivity index (χ3v) is 3.95. The van der Waals surface area contributed by atoms with Gasteiger partial charge in [-0.3, -0.25) is 9.69 Å². The van der Waals surface area contributed by atoms with Crippen molar-refractivity contribution in [2.75, 3.05) is 52.4 Å². The van der Waals surface area contributed by atoms with E-state index in [2.05, 4.69) is 17.1 Å². The van der Waals surface area contributed by atoms with Gasteiger partial charge >= 0.3 is 0 Å². The van der Waals surface area contributed by atoms with Crippen LogP contribution in [0.1, 0.15) is 22.8 Å². The van der Waals surface area contributed by atoms with Crippen molar-refractivity contribution in [2.45, 2.75) is 19.4 Å². The van der Waals surface area contributed by atoms with E-state index in [4.69, 9.17) is 9.47 Å². The first kappa shape index (κ1) is 16.9. The van der Waals surface area contributed by atoms with Crippen LogP contribution in [-0.2, 0) is 15.9 Å². The zero-order chi connectivity index (χ0) is 15.9. The van der Waals surface area contributed by atoms with Crippen molar-refractivity contribution in [3.63, 3.8) is 0 Å². The zero-order valence-electron chi connectivity index (χ0n) is 13.7. The fourth-order valence-electron chi connectivity index (χ4n) is 2.73. The van der Waals surface area contributed by atoms with Crippen LogP contribution in [0.3, 0.4) is 0 Å². The van der Waals surface area contributed by atoms with Crippen LogP contribution >= 0.6 is 0 Å².